The van der Waals surface area contributed by atoms with E-state index < -0.39 is 5.97 Å². The summed E-state index contributed by atoms with van der Waals surface area (Å²) >= 11 is 0. The summed E-state index contributed by atoms with van der Waals surface area (Å²) in [4.78, 5) is 13.1. The molecule has 134 valence electrons. The number of para-hydroxylation sites is 1. The molecule has 2 heterocycles. The minimum absolute atomic E-state index is 0.299. The van der Waals surface area contributed by atoms with Gasteiger partial charge in [0, 0.05) is 31.0 Å². The first-order valence-corrected chi connectivity index (χ1v) is 8.83. The van der Waals surface area contributed by atoms with Crippen LogP contribution in [0.4, 0.5) is 0 Å². The zero-order valence-corrected chi connectivity index (χ0v) is 14.4. The van der Waals surface area contributed by atoms with Gasteiger partial charge in [-0.3, -0.25) is 9.58 Å². The Kier molecular flexibility index (Phi) is 6.06. The molecule has 0 unspecified atom stereocenters. The topological polar surface area (TPSA) is 67.6 Å². The van der Waals surface area contributed by atoms with Gasteiger partial charge in [0.05, 0.1) is 0 Å². The monoisotopic (exact) mass is 343 g/mol. The highest BCUT2D eigenvalue weighted by molar-refractivity contribution is 5.68. The van der Waals surface area contributed by atoms with E-state index in [1.807, 2.05) is 47.4 Å². The number of ether oxygens (including phenoxy) is 1. The molecule has 1 N–H and O–H groups in total. The van der Waals surface area contributed by atoms with Gasteiger partial charge in [-0.1, -0.05) is 18.2 Å². The highest BCUT2D eigenvalue weighted by Gasteiger charge is 2.20. The third-order valence-corrected chi connectivity index (χ3v) is 4.75. The molecule has 0 spiro atoms. The van der Waals surface area contributed by atoms with Gasteiger partial charge in [0.1, 0.15) is 5.75 Å². The Morgan fingerprint density at radius 2 is 2.04 bits per heavy atom. The van der Waals surface area contributed by atoms with Crippen LogP contribution in [0, 0.1) is 5.92 Å². The van der Waals surface area contributed by atoms with E-state index >= 15 is 0 Å². The van der Waals surface area contributed by atoms with Crippen molar-refractivity contribution in [3.63, 3.8) is 0 Å². The van der Waals surface area contributed by atoms with E-state index in [0.29, 0.717) is 5.75 Å². The number of benzene rings is 1. The van der Waals surface area contributed by atoms with Crippen LogP contribution in [0.1, 0.15) is 24.8 Å². The molecule has 0 atom stereocenters. The Morgan fingerprint density at radius 3 is 2.76 bits per heavy atom. The van der Waals surface area contributed by atoms with Gasteiger partial charge < -0.3 is 9.84 Å². The van der Waals surface area contributed by atoms with Gasteiger partial charge in [0.25, 0.3) is 0 Å². The molecule has 1 aromatic heterocycles. The van der Waals surface area contributed by atoms with Crippen LogP contribution in [-0.2, 0) is 17.9 Å². The van der Waals surface area contributed by atoms with Gasteiger partial charge in [-0.05, 0) is 50.4 Å². The van der Waals surface area contributed by atoms with E-state index in [1.165, 1.54) is 19.3 Å². The third-order valence-electron chi connectivity index (χ3n) is 4.75. The second kappa shape index (κ2) is 8.67. The van der Waals surface area contributed by atoms with Crippen LogP contribution in [0.3, 0.4) is 0 Å². The van der Waals surface area contributed by atoms with Crippen molar-refractivity contribution in [1.82, 2.24) is 14.7 Å². The van der Waals surface area contributed by atoms with Crippen molar-refractivity contribution in [1.29, 1.82) is 0 Å². The van der Waals surface area contributed by atoms with Crippen molar-refractivity contribution in [2.75, 3.05) is 19.7 Å². The number of carbonyl (C=O) groups is 1. The lowest BCUT2D eigenvalue weighted by Gasteiger charge is -2.32. The molecule has 0 aliphatic carbocycles. The van der Waals surface area contributed by atoms with Crippen molar-refractivity contribution in [2.45, 2.75) is 32.4 Å². The van der Waals surface area contributed by atoms with Crippen LogP contribution in [0.2, 0.25) is 0 Å². The summed E-state index contributed by atoms with van der Waals surface area (Å²) in [6.07, 6.45) is 7.41. The summed E-state index contributed by atoms with van der Waals surface area (Å²) < 4.78 is 7.41. The van der Waals surface area contributed by atoms with Crippen molar-refractivity contribution < 1.29 is 14.6 Å². The highest BCUT2D eigenvalue weighted by Crippen LogP contribution is 2.25. The van der Waals surface area contributed by atoms with Crippen molar-refractivity contribution >= 4 is 5.97 Å². The number of aromatic nitrogens is 2. The Balaban J connectivity index is 1.46. The molecule has 25 heavy (non-hydrogen) atoms. The molecule has 1 fully saturated rings. The Morgan fingerprint density at radius 1 is 1.24 bits per heavy atom. The third kappa shape index (κ3) is 5.32. The quantitative estimate of drug-likeness (QED) is 0.798. The summed E-state index contributed by atoms with van der Waals surface area (Å²) in [5.74, 6) is 0.470. The van der Waals surface area contributed by atoms with Gasteiger partial charge in [-0.15, -0.1) is 0 Å². The molecule has 6 heteroatoms. The van der Waals surface area contributed by atoms with Gasteiger partial charge in [-0.2, -0.15) is 5.10 Å². The number of hydrogen-bond donors (Lipinski definition) is 1. The molecule has 6 nitrogen and oxygen atoms in total. The minimum Gasteiger partial charge on any atom is -0.482 e. The van der Waals surface area contributed by atoms with E-state index in [0.717, 1.165) is 37.7 Å². The Labute approximate surface area is 148 Å². The molecule has 0 amide bonds. The minimum atomic E-state index is -0.951. The summed E-state index contributed by atoms with van der Waals surface area (Å²) in [5, 5.41) is 13.1. The molecule has 0 bridgehead atoms. The summed E-state index contributed by atoms with van der Waals surface area (Å²) in [6, 6.07) is 9.67. The number of carboxylic acid groups (broad SMARTS) is 1. The molecule has 0 radical (unpaired) electrons. The van der Waals surface area contributed by atoms with Crippen LogP contribution >= 0.6 is 0 Å². The number of nitrogens with zero attached hydrogens (tertiary/aromatic N) is 3. The van der Waals surface area contributed by atoms with Gasteiger partial charge >= 0.3 is 5.97 Å². The maximum absolute atomic E-state index is 10.7. The fraction of sp³-hybridized carbons (Fsp3) is 0.474. The average molecular weight is 343 g/mol. The smallest absolute Gasteiger partial charge is 0.341 e. The summed E-state index contributed by atoms with van der Waals surface area (Å²) in [6.45, 7) is 3.63. The molecular formula is C19H25N3O3. The molecule has 1 aromatic carbocycles. The number of rotatable bonds is 8. The van der Waals surface area contributed by atoms with E-state index in [9.17, 15) is 4.79 Å². The van der Waals surface area contributed by atoms with Crippen LogP contribution in [0.5, 0.6) is 5.75 Å². The second-order valence-electron chi connectivity index (χ2n) is 6.57. The first kappa shape index (κ1) is 17.5. The fourth-order valence-corrected chi connectivity index (χ4v) is 3.34. The highest BCUT2D eigenvalue weighted by atomic mass is 16.5. The first-order valence-electron chi connectivity index (χ1n) is 8.83. The van der Waals surface area contributed by atoms with Crippen molar-refractivity contribution in [2.24, 2.45) is 5.92 Å². The van der Waals surface area contributed by atoms with Crippen LogP contribution in [0.25, 0.3) is 0 Å². The predicted octanol–water partition coefficient (Wildman–Crippen LogP) is 2.65. The standard InChI is InChI=1S/C19H25N3O3/c23-19(24)15-25-18-5-2-1-4-17(18)14-21-11-6-16(7-12-21)8-13-22-10-3-9-20-22/h1-5,9-10,16H,6-8,11-15H2,(H,23,24). The number of carboxylic acids is 1. The van der Waals surface area contributed by atoms with E-state index in [1.54, 1.807) is 0 Å². The first-order chi connectivity index (χ1) is 12.2. The summed E-state index contributed by atoms with van der Waals surface area (Å²) in [5.41, 5.74) is 1.05. The molecule has 1 aliphatic rings. The zero-order chi connectivity index (χ0) is 17.5. The number of aryl methyl sites for hydroxylation is 1. The van der Waals surface area contributed by atoms with E-state index in [4.69, 9.17) is 9.84 Å². The van der Waals surface area contributed by atoms with Gasteiger partial charge in [0.2, 0.25) is 0 Å². The normalized spacial score (nSPS) is 16.0. The van der Waals surface area contributed by atoms with Gasteiger partial charge in [0.15, 0.2) is 6.61 Å². The lowest BCUT2D eigenvalue weighted by atomic mass is 9.93. The molecule has 3 rings (SSSR count). The predicted molar refractivity (Wildman–Crippen MR) is 94.4 cm³/mol. The number of likely N-dealkylation sites (tertiary alicyclic amines) is 1. The molecule has 0 saturated carbocycles. The average Bonchev–Trinajstić information content (AvgIpc) is 3.14. The van der Waals surface area contributed by atoms with Crippen LogP contribution < -0.4 is 4.74 Å². The van der Waals surface area contributed by atoms with Gasteiger partial charge in [-0.25, -0.2) is 4.79 Å². The lowest BCUT2D eigenvalue weighted by Crippen LogP contribution is -2.33. The van der Waals surface area contributed by atoms with Crippen LogP contribution in [-0.4, -0.2) is 45.5 Å². The van der Waals surface area contributed by atoms with Crippen molar-refractivity contribution in [3.05, 3.63) is 48.3 Å². The maximum Gasteiger partial charge on any atom is 0.341 e. The number of aliphatic carboxylic acids is 1. The SMILES string of the molecule is O=C(O)COc1ccccc1CN1CCC(CCn2cccn2)CC1. The summed E-state index contributed by atoms with van der Waals surface area (Å²) in [7, 11) is 0. The Bertz CT molecular complexity index is 664. The van der Waals surface area contributed by atoms with E-state index in [2.05, 4.69) is 10.00 Å². The Hall–Kier alpha value is -2.34. The van der Waals surface area contributed by atoms with E-state index in [-0.39, 0.29) is 6.61 Å². The molecule has 1 saturated heterocycles. The number of hydrogen-bond acceptors (Lipinski definition) is 4. The zero-order valence-electron chi connectivity index (χ0n) is 14.4. The molecule has 1 aliphatic heterocycles. The van der Waals surface area contributed by atoms with Crippen LogP contribution in [0.15, 0.2) is 42.7 Å². The fourth-order valence-electron chi connectivity index (χ4n) is 3.34. The largest absolute Gasteiger partial charge is 0.482 e. The lowest BCUT2D eigenvalue weighted by molar-refractivity contribution is -0.139. The number of piperidine rings is 1. The second-order valence-corrected chi connectivity index (χ2v) is 6.57. The molecular weight excluding hydrogens is 318 g/mol. The molecule has 2 aromatic rings. The maximum atomic E-state index is 10.7. The van der Waals surface area contributed by atoms with Crippen molar-refractivity contribution in [3.8, 4) is 5.75 Å².